The number of Topliss-reactive ketones (excluding diaryl/α,β-unsaturated/α-hetero) is 1. The molecule has 2 aliphatic heterocycles. The Bertz CT molecular complexity index is 1400. The van der Waals surface area contributed by atoms with Crippen LogP contribution in [0, 0.1) is 34.4 Å². The van der Waals surface area contributed by atoms with Gasteiger partial charge in [-0.3, -0.25) is 9.59 Å². The summed E-state index contributed by atoms with van der Waals surface area (Å²) in [6, 6.07) is 5.44. The van der Waals surface area contributed by atoms with Gasteiger partial charge in [0.2, 0.25) is 5.43 Å². The first-order valence-corrected chi connectivity index (χ1v) is 13.1. The third-order valence-corrected chi connectivity index (χ3v) is 8.80. The molecule has 36 heavy (non-hydrogen) atoms. The Morgan fingerprint density at radius 1 is 1.28 bits per heavy atom. The summed E-state index contributed by atoms with van der Waals surface area (Å²) in [7, 11) is 1.48. The molecule has 0 bridgehead atoms. The predicted octanol–water partition coefficient (Wildman–Crippen LogP) is 3.77. The van der Waals surface area contributed by atoms with E-state index >= 15 is 4.39 Å². The maximum atomic E-state index is 15.7. The number of ketones is 1. The zero-order chi connectivity index (χ0) is 25.8. The Balaban J connectivity index is 1.63. The summed E-state index contributed by atoms with van der Waals surface area (Å²) in [5.41, 5.74) is 0.0191. The lowest BCUT2D eigenvalue weighted by Crippen LogP contribution is -2.47. The van der Waals surface area contributed by atoms with Crippen molar-refractivity contribution in [2.24, 2.45) is 5.92 Å². The number of anilines is 1. The third-order valence-electron chi connectivity index (χ3n) is 7.62. The summed E-state index contributed by atoms with van der Waals surface area (Å²) in [5, 5.41) is 21.4. The summed E-state index contributed by atoms with van der Waals surface area (Å²) in [6.45, 7) is 6.00. The number of benzene rings is 1. The number of carbonyl (C=O) groups excluding carboxylic acids is 1. The van der Waals surface area contributed by atoms with Gasteiger partial charge in [-0.15, -0.1) is 0 Å². The molecule has 1 aromatic heterocycles. The number of aromatic nitrogens is 1. The predicted molar refractivity (Wildman–Crippen MR) is 135 cm³/mol. The molecular weight excluding hydrogens is 481 g/mol. The van der Waals surface area contributed by atoms with Gasteiger partial charge >= 0.3 is 0 Å². The van der Waals surface area contributed by atoms with Gasteiger partial charge in [0.05, 0.1) is 40.7 Å². The fourth-order valence-electron chi connectivity index (χ4n) is 5.49. The van der Waals surface area contributed by atoms with Crippen molar-refractivity contribution in [2.75, 3.05) is 31.6 Å². The molecule has 1 aliphatic carbocycles. The maximum Gasteiger partial charge on any atom is 0.201 e. The first-order chi connectivity index (χ1) is 17.2. The van der Waals surface area contributed by atoms with Crippen LogP contribution in [-0.2, 0) is 0 Å². The van der Waals surface area contributed by atoms with Crippen molar-refractivity contribution in [2.45, 2.75) is 61.4 Å². The van der Waals surface area contributed by atoms with Gasteiger partial charge in [-0.1, -0.05) is 11.8 Å². The molecular formula is C26H28FN5O3S. The van der Waals surface area contributed by atoms with Gasteiger partial charge in [-0.2, -0.15) is 10.5 Å². The van der Waals surface area contributed by atoms with E-state index in [4.69, 9.17) is 10.00 Å². The fourth-order valence-corrected chi connectivity index (χ4v) is 6.66. The van der Waals surface area contributed by atoms with Gasteiger partial charge in [0, 0.05) is 37.6 Å². The topological polar surface area (TPSA) is 111 Å². The Morgan fingerprint density at radius 3 is 2.67 bits per heavy atom. The number of ether oxygens (including phenoxy) is 1. The molecule has 188 valence electrons. The van der Waals surface area contributed by atoms with E-state index in [0.29, 0.717) is 48.0 Å². The van der Waals surface area contributed by atoms with Gasteiger partial charge in [-0.05, 0) is 45.1 Å². The molecule has 0 radical (unpaired) electrons. The number of rotatable bonds is 7. The molecule has 1 saturated carbocycles. The second kappa shape index (κ2) is 9.10. The molecule has 5 rings (SSSR count). The molecule has 0 spiro atoms. The summed E-state index contributed by atoms with van der Waals surface area (Å²) in [4.78, 5) is 28.2. The highest BCUT2D eigenvalue weighted by molar-refractivity contribution is 8.01. The highest BCUT2D eigenvalue weighted by Gasteiger charge is 2.42. The first-order valence-electron chi connectivity index (χ1n) is 12.2. The number of nitriles is 2. The number of pyridine rings is 1. The number of nitrogens with zero attached hydrogens (tertiary/aromatic N) is 4. The lowest BCUT2D eigenvalue weighted by molar-refractivity contribution is 0.100. The quantitative estimate of drug-likeness (QED) is 0.562. The van der Waals surface area contributed by atoms with Gasteiger partial charge in [0.25, 0.3) is 0 Å². The minimum absolute atomic E-state index is 0.00779. The maximum absolute atomic E-state index is 15.7. The fraction of sp³-hybridized carbons (Fsp3) is 0.538. The molecule has 1 unspecified atom stereocenters. The SMILES string of the molecule is COc1c(N2CC[C@@H](C(C)(C)NCCC#N)C2)c(F)cc2c(=O)c3c(n(C4CC4)c12)SC(C#N)C3=O. The number of hydrogen-bond acceptors (Lipinski definition) is 8. The van der Waals surface area contributed by atoms with Gasteiger partial charge in [0.1, 0.15) is 5.69 Å². The van der Waals surface area contributed by atoms with Crippen molar-refractivity contribution in [3.8, 4) is 17.9 Å². The molecule has 3 aliphatic rings. The summed E-state index contributed by atoms with van der Waals surface area (Å²) < 4.78 is 23.5. The van der Waals surface area contributed by atoms with E-state index < -0.39 is 22.3 Å². The molecule has 1 N–H and O–H groups in total. The number of carbonyl (C=O) groups is 1. The van der Waals surface area contributed by atoms with Crippen LogP contribution < -0.4 is 20.4 Å². The molecule has 10 heteroatoms. The molecule has 1 aromatic carbocycles. The molecule has 3 heterocycles. The largest absolute Gasteiger partial charge is 0.492 e. The third kappa shape index (κ3) is 3.84. The van der Waals surface area contributed by atoms with Crippen LogP contribution in [0.25, 0.3) is 10.9 Å². The van der Waals surface area contributed by atoms with E-state index in [-0.39, 0.29) is 28.4 Å². The average molecular weight is 510 g/mol. The summed E-state index contributed by atoms with van der Waals surface area (Å²) >= 11 is 1.10. The molecule has 2 atom stereocenters. The van der Waals surface area contributed by atoms with Crippen LogP contribution in [0.3, 0.4) is 0 Å². The number of thioether (sulfide) groups is 1. The van der Waals surface area contributed by atoms with Crippen molar-refractivity contribution in [1.29, 1.82) is 10.5 Å². The average Bonchev–Trinajstić information content (AvgIpc) is 3.45. The standard InChI is InChI=1S/C26H28FN5O3S/c1-26(2,30-9-4-8-28)14-7-10-31(13-14)21-17(27)11-16-20(24(21)35-3)32(15-5-6-15)25-19(22(16)33)23(34)18(12-29)36-25/h11,14-15,18,30H,4-7,9-10,13H2,1-3H3/t14-,18?/m1/s1. The van der Waals surface area contributed by atoms with E-state index in [0.717, 1.165) is 31.0 Å². The number of hydrogen-bond donors (Lipinski definition) is 1. The van der Waals surface area contributed by atoms with E-state index in [1.165, 1.54) is 13.2 Å². The van der Waals surface area contributed by atoms with Crippen molar-refractivity contribution in [1.82, 2.24) is 9.88 Å². The second-order valence-corrected chi connectivity index (χ2v) is 11.3. The smallest absolute Gasteiger partial charge is 0.201 e. The Hall–Kier alpha value is -3.08. The molecule has 1 saturated heterocycles. The Morgan fingerprint density at radius 2 is 2.03 bits per heavy atom. The lowest BCUT2D eigenvalue weighted by Gasteiger charge is -2.33. The number of halogens is 1. The lowest BCUT2D eigenvalue weighted by atomic mass is 9.86. The zero-order valence-corrected chi connectivity index (χ0v) is 21.4. The normalized spacial score (nSPS) is 21.5. The van der Waals surface area contributed by atoms with Crippen molar-refractivity contribution in [3.63, 3.8) is 0 Å². The minimum Gasteiger partial charge on any atom is -0.492 e. The number of methoxy groups -OCH3 is 1. The van der Waals surface area contributed by atoms with Gasteiger partial charge in [-0.25, -0.2) is 4.39 Å². The number of fused-ring (bicyclic) bond motifs is 2. The molecule has 2 fully saturated rings. The minimum atomic E-state index is -0.972. The van der Waals surface area contributed by atoms with Crippen LogP contribution in [0.1, 0.15) is 55.9 Å². The van der Waals surface area contributed by atoms with Crippen LogP contribution in [-0.4, -0.2) is 47.9 Å². The molecule has 2 aromatic rings. The van der Waals surface area contributed by atoms with Crippen molar-refractivity contribution < 1.29 is 13.9 Å². The Labute approximate surface area is 213 Å². The van der Waals surface area contributed by atoms with Crippen LogP contribution >= 0.6 is 11.8 Å². The highest BCUT2D eigenvalue weighted by Crippen LogP contribution is 2.49. The zero-order valence-electron chi connectivity index (χ0n) is 20.6. The van der Waals surface area contributed by atoms with Crippen LogP contribution in [0.5, 0.6) is 5.75 Å². The van der Waals surface area contributed by atoms with Gasteiger partial charge in [0.15, 0.2) is 22.6 Å². The van der Waals surface area contributed by atoms with E-state index in [1.807, 2.05) is 15.5 Å². The van der Waals surface area contributed by atoms with E-state index in [9.17, 15) is 14.9 Å². The molecule has 8 nitrogen and oxygen atoms in total. The summed E-state index contributed by atoms with van der Waals surface area (Å²) in [6.07, 6.45) is 3.01. The Kier molecular flexibility index (Phi) is 6.22. The van der Waals surface area contributed by atoms with Crippen LogP contribution in [0.15, 0.2) is 15.9 Å². The molecule has 0 amide bonds. The number of nitrogens with one attached hydrogen (secondary N) is 1. The van der Waals surface area contributed by atoms with Crippen LogP contribution in [0.4, 0.5) is 10.1 Å². The summed E-state index contributed by atoms with van der Waals surface area (Å²) in [5.74, 6) is -0.562. The van der Waals surface area contributed by atoms with E-state index in [1.54, 1.807) is 0 Å². The second-order valence-electron chi connectivity index (χ2n) is 10.2. The van der Waals surface area contributed by atoms with E-state index in [2.05, 4.69) is 25.2 Å². The highest BCUT2D eigenvalue weighted by atomic mass is 32.2. The first kappa shape index (κ1) is 24.6. The van der Waals surface area contributed by atoms with Crippen molar-refractivity contribution >= 4 is 34.1 Å². The van der Waals surface area contributed by atoms with Crippen LogP contribution in [0.2, 0.25) is 0 Å². The van der Waals surface area contributed by atoms with Crippen molar-refractivity contribution in [3.05, 3.63) is 27.7 Å². The monoisotopic (exact) mass is 509 g/mol. The van der Waals surface area contributed by atoms with Gasteiger partial charge < -0.3 is 19.5 Å².